The van der Waals surface area contributed by atoms with E-state index in [-0.39, 0.29) is 0 Å². The molecular formula is C21H32N8. The molecular weight excluding hydrogens is 364 g/mol. The Balaban J connectivity index is 4.43. The van der Waals surface area contributed by atoms with Crippen molar-refractivity contribution in [2.24, 2.45) is 0 Å². The van der Waals surface area contributed by atoms with Crippen LogP contribution in [0.2, 0.25) is 0 Å². The summed E-state index contributed by atoms with van der Waals surface area (Å²) in [5, 5.41) is 44.0. The van der Waals surface area contributed by atoms with Gasteiger partial charge in [0.1, 0.15) is 0 Å². The van der Waals surface area contributed by atoms with Crippen molar-refractivity contribution in [3.05, 3.63) is 0 Å². The second kappa shape index (κ2) is 20.1. The molecule has 0 radical (unpaired) electrons. The molecule has 0 aromatic carbocycles. The van der Waals surface area contributed by atoms with Crippen LogP contribution in [0, 0.1) is 56.7 Å². The molecule has 0 saturated heterocycles. The van der Waals surface area contributed by atoms with E-state index in [1.54, 1.807) is 0 Å². The molecule has 0 aliphatic rings. The fourth-order valence-corrected chi connectivity index (χ4v) is 3.08. The van der Waals surface area contributed by atoms with Gasteiger partial charge in [0.15, 0.2) is 0 Å². The molecule has 0 aliphatic heterocycles. The lowest BCUT2D eigenvalue weighted by molar-refractivity contribution is 0.214. The van der Waals surface area contributed by atoms with Crippen LogP contribution in [0.3, 0.4) is 0 Å². The van der Waals surface area contributed by atoms with Gasteiger partial charge < -0.3 is 14.7 Å². The standard InChI is InChI=1S/C21H32N8/c22-8-1-13-27(14-2-9-23)18-6-20-29(17-5-12-26)21-7-19-28(15-3-10-24)16-4-11-25/h1-7,13-21H2. The van der Waals surface area contributed by atoms with Crippen molar-refractivity contribution in [2.75, 3.05) is 58.9 Å². The van der Waals surface area contributed by atoms with Gasteiger partial charge in [-0.3, -0.25) is 0 Å². The number of nitriles is 5. The predicted octanol–water partition coefficient (Wildman–Crippen LogP) is 2.24. The number of hydrogen-bond donors (Lipinski definition) is 0. The lowest BCUT2D eigenvalue weighted by atomic mass is 10.2. The van der Waals surface area contributed by atoms with Gasteiger partial charge in [-0.15, -0.1) is 0 Å². The summed E-state index contributed by atoms with van der Waals surface area (Å²) in [5.41, 5.74) is 0. The monoisotopic (exact) mass is 396 g/mol. The van der Waals surface area contributed by atoms with Crippen LogP contribution in [0.5, 0.6) is 0 Å². The molecule has 8 nitrogen and oxygen atoms in total. The second-order valence-corrected chi connectivity index (χ2v) is 6.77. The highest BCUT2D eigenvalue weighted by molar-refractivity contribution is 4.79. The SMILES string of the molecule is N#CCCN(CCC#N)CCCN(CCC#N)CCCN(CCC#N)CCC#N. The van der Waals surface area contributed by atoms with Crippen LogP contribution in [-0.4, -0.2) is 73.6 Å². The van der Waals surface area contributed by atoms with Crippen molar-refractivity contribution in [3.8, 4) is 30.3 Å². The van der Waals surface area contributed by atoms with E-state index < -0.39 is 0 Å². The third kappa shape index (κ3) is 16.0. The average Bonchev–Trinajstić information content (AvgIpc) is 2.74. The fourth-order valence-electron chi connectivity index (χ4n) is 3.08. The molecule has 0 aliphatic carbocycles. The Morgan fingerprint density at radius 3 is 0.759 bits per heavy atom. The van der Waals surface area contributed by atoms with Crippen LogP contribution in [-0.2, 0) is 0 Å². The zero-order valence-electron chi connectivity index (χ0n) is 17.4. The van der Waals surface area contributed by atoms with E-state index in [2.05, 4.69) is 45.0 Å². The van der Waals surface area contributed by atoms with E-state index in [1.807, 2.05) is 0 Å². The molecule has 0 fully saturated rings. The van der Waals surface area contributed by atoms with Gasteiger partial charge in [0, 0.05) is 64.8 Å². The molecule has 0 saturated carbocycles. The molecule has 0 spiro atoms. The normalized spacial score (nSPS) is 10.3. The highest BCUT2D eigenvalue weighted by Crippen LogP contribution is 2.03. The molecule has 29 heavy (non-hydrogen) atoms. The van der Waals surface area contributed by atoms with Crippen molar-refractivity contribution in [1.82, 2.24) is 14.7 Å². The Hall–Kier alpha value is -2.67. The summed E-state index contributed by atoms with van der Waals surface area (Å²) in [7, 11) is 0. The quantitative estimate of drug-likeness (QED) is 0.345. The predicted molar refractivity (Wildman–Crippen MR) is 110 cm³/mol. The van der Waals surface area contributed by atoms with Gasteiger partial charge in [0.05, 0.1) is 30.3 Å². The number of hydrogen-bond acceptors (Lipinski definition) is 8. The maximum absolute atomic E-state index is 8.92. The molecule has 0 aromatic rings. The summed E-state index contributed by atoms with van der Waals surface area (Å²) in [6.07, 6.45) is 4.19. The van der Waals surface area contributed by atoms with Gasteiger partial charge in [0.25, 0.3) is 0 Å². The third-order valence-corrected chi connectivity index (χ3v) is 4.60. The third-order valence-electron chi connectivity index (χ3n) is 4.60. The Bertz CT molecular complexity index is 531. The van der Waals surface area contributed by atoms with E-state index >= 15 is 0 Å². The molecule has 0 bridgehead atoms. The summed E-state index contributed by atoms with van der Waals surface area (Å²) in [5.74, 6) is 0. The fraction of sp³-hybridized carbons (Fsp3) is 0.762. The van der Waals surface area contributed by atoms with Gasteiger partial charge >= 0.3 is 0 Å². The number of nitrogens with zero attached hydrogens (tertiary/aromatic N) is 8. The zero-order valence-corrected chi connectivity index (χ0v) is 17.4. The van der Waals surface area contributed by atoms with Gasteiger partial charge in [-0.25, -0.2) is 0 Å². The van der Waals surface area contributed by atoms with Crippen molar-refractivity contribution in [2.45, 2.75) is 44.9 Å². The summed E-state index contributed by atoms with van der Waals surface area (Å²) < 4.78 is 0. The molecule has 0 unspecified atom stereocenters. The Labute approximate surface area is 175 Å². The van der Waals surface area contributed by atoms with Crippen LogP contribution in [0.4, 0.5) is 0 Å². The van der Waals surface area contributed by atoms with E-state index in [1.165, 1.54) is 0 Å². The van der Waals surface area contributed by atoms with Crippen LogP contribution in [0.15, 0.2) is 0 Å². The van der Waals surface area contributed by atoms with Crippen molar-refractivity contribution < 1.29 is 0 Å². The molecule has 0 amide bonds. The highest BCUT2D eigenvalue weighted by atomic mass is 15.2. The van der Waals surface area contributed by atoms with E-state index in [0.29, 0.717) is 58.3 Å². The van der Waals surface area contributed by atoms with Crippen LogP contribution < -0.4 is 0 Å². The molecule has 0 N–H and O–H groups in total. The first-order valence-corrected chi connectivity index (χ1v) is 10.2. The second-order valence-electron chi connectivity index (χ2n) is 6.77. The van der Waals surface area contributed by atoms with Crippen molar-refractivity contribution in [3.63, 3.8) is 0 Å². The van der Waals surface area contributed by atoms with Gasteiger partial charge in [-0.05, 0) is 39.0 Å². The van der Waals surface area contributed by atoms with Gasteiger partial charge in [-0.1, -0.05) is 0 Å². The molecule has 0 aromatic heterocycles. The first kappa shape index (κ1) is 26.3. The van der Waals surface area contributed by atoms with Crippen LogP contribution in [0.25, 0.3) is 0 Å². The van der Waals surface area contributed by atoms with Crippen molar-refractivity contribution >= 4 is 0 Å². The summed E-state index contributed by atoms with van der Waals surface area (Å²) in [6, 6.07) is 10.8. The molecule has 8 heteroatoms. The average molecular weight is 397 g/mol. The minimum absolute atomic E-state index is 0.463. The van der Waals surface area contributed by atoms with E-state index in [4.69, 9.17) is 26.3 Å². The molecule has 0 rings (SSSR count). The largest absolute Gasteiger partial charge is 0.302 e. The van der Waals surface area contributed by atoms with Crippen LogP contribution >= 0.6 is 0 Å². The van der Waals surface area contributed by atoms with Crippen molar-refractivity contribution in [1.29, 1.82) is 26.3 Å². The number of rotatable bonds is 18. The Morgan fingerprint density at radius 1 is 0.345 bits per heavy atom. The van der Waals surface area contributed by atoms with Crippen LogP contribution in [0.1, 0.15) is 44.9 Å². The maximum atomic E-state index is 8.92. The minimum atomic E-state index is 0.463. The summed E-state index contributed by atoms with van der Waals surface area (Å²) in [6.45, 7) is 6.87. The summed E-state index contributed by atoms with van der Waals surface area (Å²) in [4.78, 5) is 6.59. The minimum Gasteiger partial charge on any atom is -0.302 e. The topological polar surface area (TPSA) is 129 Å². The summed E-state index contributed by atoms with van der Waals surface area (Å²) >= 11 is 0. The van der Waals surface area contributed by atoms with E-state index in [9.17, 15) is 0 Å². The Morgan fingerprint density at radius 2 is 0.552 bits per heavy atom. The first-order valence-electron chi connectivity index (χ1n) is 10.2. The lowest BCUT2D eigenvalue weighted by Gasteiger charge is -2.26. The molecule has 156 valence electrons. The lowest BCUT2D eigenvalue weighted by Crippen LogP contribution is -2.34. The highest BCUT2D eigenvalue weighted by Gasteiger charge is 2.10. The first-order chi connectivity index (χ1) is 14.2. The van der Waals surface area contributed by atoms with Gasteiger partial charge in [0.2, 0.25) is 0 Å². The van der Waals surface area contributed by atoms with Gasteiger partial charge in [-0.2, -0.15) is 26.3 Å². The smallest absolute Gasteiger partial charge is 0.0635 e. The maximum Gasteiger partial charge on any atom is 0.0635 e. The molecule has 0 atom stereocenters. The molecule has 0 heterocycles. The zero-order chi connectivity index (χ0) is 21.6. The van der Waals surface area contributed by atoms with E-state index in [0.717, 1.165) is 45.6 Å². The Kier molecular flexibility index (Phi) is 18.2.